The van der Waals surface area contributed by atoms with Crippen molar-refractivity contribution in [3.05, 3.63) is 69.2 Å². The Hall–Kier alpha value is -2.04. The summed E-state index contributed by atoms with van der Waals surface area (Å²) in [7, 11) is 0. The normalized spacial score (nSPS) is 12.9. The summed E-state index contributed by atoms with van der Waals surface area (Å²) in [4.78, 5) is 27.6. The fourth-order valence-electron chi connectivity index (χ4n) is 2.95. The summed E-state index contributed by atoms with van der Waals surface area (Å²) < 4.78 is 0. The van der Waals surface area contributed by atoms with E-state index < -0.39 is 6.04 Å². The topological polar surface area (TPSA) is 49.4 Å². The molecule has 156 valence electrons. The number of hydrogen-bond donors (Lipinski definition) is 1. The maximum absolute atomic E-state index is 13.2. The molecule has 6 heteroatoms. The number of amides is 2. The van der Waals surface area contributed by atoms with Crippen molar-refractivity contribution in [2.45, 2.75) is 59.2 Å². The summed E-state index contributed by atoms with van der Waals surface area (Å²) in [6.45, 7) is 7.90. The third kappa shape index (κ3) is 6.48. The lowest BCUT2D eigenvalue weighted by atomic mass is 10.0. The molecule has 0 aromatic heterocycles. The Balaban J connectivity index is 2.29. The van der Waals surface area contributed by atoms with E-state index >= 15 is 0 Å². The average Bonchev–Trinajstić information content (AvgIpc) is 2.68. The zero-order valence-corrected chi connectivity index (χ0v) is 18.8. The van der Waals surface area contributed by atoms with E-state index in [4.69, 9.17) is 23.2 Å². The van der Waals surface area contributed by atoms with Gasteiger partial charge in [0.2, 0.25) is 11.8 Å². The number of nitrogens with one attached hydrogen (secondary N) is 1. The van der Waals surface area contributed by atoms with Crippen LogP contribution in [0.25, 0.3) is 0 Å². The van der Waals surface area contributed by atoms with Crippen LogP contribution < -0.4 is 5.32 Å². The first-order valence-corrected chi connectivity index (χ1v) is 10.6. The van der Waals surface area contributed by atoms with Crippen LogP contribution in [0.2, 0.25) is 10.0 Å². The highest BCUT2D eigenvalue weighted by atomic mass is 35.5. The SMILES string of the molecule is CCC(C)NC(=O)C(C)N(Cc1ccc(Cl)cc1Cl)C(=O)Cc1ccccc1C. The fraction of sp³-hybridized carbons (Fsp3) is 0.391. The quantitative estimate of drug-likeness (QED) is 0.622. The number of aryl methyl sites for hydroxylation is 1. The molecule has 0 aliphatic heterocycles. The molecule has 0 aliphatic rings. The van der Waals surface area contributed by atoms with Crippen LogP contribution in [0.15, 0.2) is 42.5 Å². The Kier molecular flexibility index (Phi) is 8.54. The lowest BCUT2D eigenvalue weighted by molar-refractivity contribution is -0.140. The van der Waals surface area contributed by atoms with Gasteiger partial charge in [0, 0.05) is 22.6 Å². The van der Waals surface area contributed by atoms with Gasteiger partial charge in [-0.15, -0.1) is 0 Å². The molecule has 2 atom stereocenters. The lowest BCUT2D eigenvalue weighted by Crippen LogP contribution is -2.50. The van der Waals surface area contributed by atoms with Gasteiger partial charge in [-0.25, -0.2) is 0 Å². The predicted octanol–water partition coefficient (Wildman–Crippen LogP) is 5.18. The number of nitrogens with zero attached hydrogens (tertiary/aromatic N) is 1. The summed E-state index contributed by atoms with van der Waals surface area (Å²) in [5.41, 5.74) is 2.73. The van der Waals surface area contributed by atoms with Gasteiger partial charge in [-0.05, 0) is 56.0 Å². The smallest absolute Gasteiger partial charge is 0.242 e. The van der Waals surface area contributed by atoms with Gasteiger partial charge < -0.3 is 10.2 Å². The van der Waals surface area contributed by atoms with Crippen molar-refractivity contribution < 1.29 is 9.59 Å². The van der Waals surface area contributed by atoms with Crippen LogP contribution in [-0.4, -0.2) is 28.8 Å². The summed E-state index contributed by atoms with van der Waals surface area (Å²) in [6.07, 6.45) is 1.04. The number of benzene rings is 2. The van der Waals surface area contributed by atoms with Crippen molar-refractivity contribution in [1.82, 2.24) is 10.2 Å². The van der Waals surface area contributed by atoms with Gasteiger partial charge in [0.1, 0.15) is 6.04 Å². The molecule has 0 fully saturated rings. The van der Waals surface area contributed by atoms with Crippen molar-refractivity contribution in [2.75, 3.05) is 0 Å². The zero-order chi connectivity index (χ0) is 21.6. The van der Waals surface area contributed by atoms with E-state index in [1.54, 1.807) is 30.0 Å². The first-order valence-electron chi connectivity index (χ1n) is 9.81. The molecule has 0 saturated heterocycles. The van der Waals surface area contributed by atoms with E-state index in [0.717, 1.165) is 23.1 Å². The van der Waals surface area contributed by atoms with Crippen molar-refractivity contribution in [3.8, 4) is 0 Å². The molecule has 1 N–H and O–H groups in total. The standard InChI is InChI=1S/C23H28Cl2N2O2/c1-5-16(3)26-23(29)17(4)27(14-19-10-11-20(24)13-21(19)25)22(28)12-18-9-7-6-8-15(18)2/h6-11,13,16-17H,5,12,14H2,1-4H3,(H,26,29). The third-order valence-electron chi connectivity index (χ3n) is 5.13. The van der Waals surface area contributed by atoms with Crippen LogP contribution in [0.4, 0.5) is 0 Å². The highest BCUT2D eigenvalue weighted by Crippen LogP contribution is 2.24. The van der Waals surface area contributed by atoms with Crippen LogP contribution in [-0.2, 0) is 22.6 Å². The van der Waals surface area contributed by atoms with Crippen molar-refractivity contribution >= 4 is 35.0 Å². The molecule has 2 aromatic carbocycles. The average molecular weight is 435 g/mol. The minimum Gasteiger partial charge on any atom is -0.352 e. The van der Waals surface area contributed by atoms with Gasteiger partial charge in [-0.2, -0.15) is 0 Å². The largest absolute Gasteiger partial charge is 0.352 e. The second-order valence-electron chi connectivity index (χ2n) is 7.35. The Labute approximate surface area is 183 Å². The molecule has 2 unspecified atom stereocenters. The monoisotopic (exact) mass is 434 g/mol. The maximum atomic E-state index is 13.2. The Bertz CT molecular complexity index is 870. The van der Waals surface area contributed by atoms with Gasteiger partial charge in [-0.3, -0.25) is 9.59 Å². The molecule has 2 rings (SSSR count). The summed E-state index contributed by atoms with van der Waals surface area (Å²) in [5.74, 6) is -0.306. The second kappa shape index (κ2) is 10.7. The van der Waals surface area contributed by atoms with E-state index in [9.17, 15) is 9.59 Å². The Morgan fingerprint density at radius 2 is 1.76 bits per heavy atom. The first-order chi connectivity index (χ1) is 13.7. The fourth-order valence-corrected chi connectivity index (χ4v) is 3.42. The number of rotatable bonds is 8. The molecule has 29 heavy (non-hydrogen) atoms. The molecule has 0 aliphatic carbocycles. The van der Waals surface area contributed by atoms with E-state index in [1.165, 1.54) is 0 Å². The van der Waals surface area contributed by atoms with E-state index in [-0.39, 0.29) is 30.8 Å². The summed E-state index contributed by atoms with van der Waals surface area (Å²) in [6, 6.07) is 12.3. The summed E-state index contributed by atoms with van der Waals surface area (Å²) in [5, 5.41) is 3.96. The van der Waals surface area contributed by atoms with Crippen LogP contribution in [0.5, 0.6) is 0 Å². The molecule has 0 bridgehead atoms. The zero-order valence-electron chi connectivity index (χ0n) is 17.3. The number of carbonyl (C=O) groups is 2. The van der Waals surface area contributed by atoms with Gasteiger partial charge in [-0.1, -0.05) is 60.5 Å². The maximum Gasteiger partial charge on any atom is 0.242 e. The van der Waals surface area contributed by atoms with Crippen LogP contribution >= 0.6 is 23.2 Å². The Morgan fingerprint density at radius 1 is 1.07 bits per heavy atom. The summed E-state index contributed by atoms with van der Waals surface area (Å²) >= 11 is 12.3. The lowest BCUT2D eigenvalue weighted by Gasteiger charge is -2.30. The minimum absolute atomic E-state index is 0.0392. The highest BCUT2D eigenvalue weighted by molar-refractivity contribution is 6.35. The number of halogens is 2. The van der Waals surface area contributed by atoms with Crippen LogP contribution in [0.3, 0.4) is 0 Å². The minimum atomic E-state index is -0.632. The van der Waals surface area contributed by atoms with E-state index in [1.807, 2.05) is 45.0 Å². The Morgan fingerprint density at radius 3 is 2.38 bits per heavy atom. The van der Waals surface area contributed by atoms with Crippen molar-refractivity contribution in [3.63, 3.8) is 0 Å². The molecule has 0 radical (unpaired) electrons. The van der Waals surface area contributed by atoms with Gasteiger partial charge >= 0.3 is 0 Å². The van der Waals surface area contributed by atoms with Gasteiger partial charge in [0.25, 0.3) is 0 Å². The van der Waals surface area contributed by atoms with E-state index in [0.29, 0.717) is 10.0 Å². The van der Waals surface area contributed by atoms with Crippen LogP contribution in [0, 0.1) is 6.92 Å². The van der Waals surface area contributed by atoms with Gasteiger partial charge in [0.05, 0.1) is 6.42 Å². The highest BCUT2D eigenvalue weighted by Gasteiger charge is 2.27. The second-order valence-corrected chi connectivity index (χ2v) is 8.20. The molecule has 2 amide bonds. The van der Waals surface area contributed by atoms with Crippen LogP contribution in [0.1, 0.15) is 43.9 Å². The predicted molar refractivity (Wildman–Crippen MR) is 119 cm³/mol. The third-order valence-corrected chi connectivity index (χ3v) is 5.71. The van der Waals surface area contributed by atoms with E-state index in [2.05, 4.69) is 5.32 Å². The molecule has 0 heterocycles. The number of carbonyl (C=O) groups excluding carboxylic acids is 2. The molecular formula is C23H28Cl2N2O2. The van der Waals surface area contributed by atoms with Gasteiger partial charge in [0.15, 0.2) is 0 Å². The molecule has 4 nitrogen and oxygen atoms in total. The first kappa shape index (κ1) is 23.2. The molecule has 0 saturated carbocycles. The van der Waals surface area contributed by atoms with Crippen molar-refractivity contribution in [1.29, 1.82) is 0 Å². The molecule has 0 spiro atoms. The van der Waals surface area contributed by atoms with Crippen molar-refractivity contribution in [2.24, 2.45) is 0 Å². The molecular weight excluding hydrogens is 407 g/mol. The molecule has 2 aromatic rings. The number of hydrogen-bond acceptors (Lipinski definition) is 2.